The molecular weight excluding hydrogens is 467 g/mol. The molecule has 0 aliphatic carbocycles. The number of carbonyl (C=O) groups is 3. The summed E-state index contributed by atoms with van der Waals surface area (Å²) >= 11 is 11.9. The first-order chi connectivity index (χ1) is 15.7. The maximum Gasteiger partial charge on any atom is 0.332 e. The van der Waals surface area contributed by atoms with Crippen LogP contribution in [-0.4, -0.2) is 46.5 Å². The van der Waals surface area contributed by atoms with Crippen LogP contribution in [0.15, 0.2) is 36.4 Å². The van der Waals surface area contributed by atoms with E-state index in [1.807, 2.05) is 6.92 Å². The first-order valence-electron chi connectivity index (χ1n) is 10.8. The van der Waals surface area contributed by atoms with Gasteiger partial charge in [-0.2, -0.15) is 0 Å². The molecule has 2 aromatic carbocycles. The molecule has 2 aromatic rings. The van der Waals surface area contributed by atoms with Crippen LogP contribution in [0.2, 0.25) is 10.0 Å². The van der Waals surface area contributed by atoms with Crippen LogP contribution in [0.4, 0.5) is 5.69 Å². The molecule has 1 aliphatic heterocycles. The number of carbonyl (C=O) groups excluding carboxylic acids is 3. The highest BCUT2D eigenvalue weighted by Crippen LogP contribution is 2.37. The number of halogens is 2. The largest absolute Gasteiger partial charge is 0.507 e. The Bertz CT molecular complexity index is 1050. The molecule has 2 N–H and O–H groups in total. The Kier molecular flexibility index (Phi) is 7.87. The van der Waals surface area contributed by atoms with E-state index in [4.69, 9.17) is 27.9 Å². The van der Waals surface area contributed by atoms with Crippen molar-refractivity contribution in [2.45, 2.75) is 45.1 Å². The van der Waals surface area contributed by atoms with Crippen LogP contribution in [-0.2, 0) is 9.53 Å². The van der Waals surface area contributed by atoms with Gasteiger partial charge in [0.15, 0.2) is 0 Å². The zero-order valence-electron chi connectivity index (χ0n) is 18.5. The maximum absolute atomic E-state index is 13.3. The summed E-state index contributed by atoms with van der Waals surface area (Å²) < 4.78 is 5.29. The summed E-state index contributed by atoms with van der Waals surface area (Å²) in [7, 11) is 0. The number of phenolic OH excluding ortho intramolecular Hbond substituents is 1. The van der Waals surface area contributed by atoms with Gasteiger partial charge < -0.3 is 20.1 Å². The Balaban J connectivity index is 1.83. The van der Waals surface area contributed by atoms with Gasteiger partial charge in [0.2, 0.25) is 0 Å². The van der Waals surface area contributed by atoms with E-state index in [-0.39, 0.29) is 29.2 Å². The van der Waals surface area contributed by atoms with Crippen LogP contribution in [0, 0.1) is 0 Å². The lowest BCUT2D eigenvalue weighted by Crippen LogP contribution is -2.53. The molecule has 1 fully saturated rings. The quantitative estimate of drug-likeness (QED) is 0.511. The van der Waals surface area contributed by atoms with Gasteiger partial charge in [-0.25, -0.2) is 4.79 Å². The Labute approximate surface area is 202 Å². The molecular formula is C24H26Cl2N2O5. The molecule has 9 heteroatoms. The van der Waals surface area contributed by atoms with Crippen LogP contribution < -0.4 is 5.32 Å². The second-order valence-electron chi connectivity index (χ2n) is 7.91. The van der Waals surface area contributed by atoms with Crippen molar-refractivity contribution in [1.29, 1.82) is 0 Å². The molecule has 176 valence electrons. The molecule has 1 unspecified atom stereocenters. The highest BCUT2D eigenvalue weighted by atomic mass is 35.5. The van der Waals surface area contributed by atoms with Crippen molar-refractivity contribution in [3.8, 4) is 5.75 Å². The van der Waals surface area contributed by atoms with Crippen LogP contribution in [0.1, 0.15) is 60.2 Å². The topological polar surface area (TPSA) is 95.9 Å². The van der Waals surface area contributed by atoms with Crippen molar-refractivity contribution in [3.05, 3.63) is 57.6 Å². The van der Waals surface area contributed by atoms with Crippen LogP contribution >= 0.6 is 23.2 Å². The summed E-state index contributed by atoms with van der Waals surface area (Å²) in [5.74, 6) is -1.64. The second-order valence-corrected chi connectivity index (χ2v) is 8.78. The summed E-state index contributed by atoms with van der Waals surface area (Å²) in [6.07, 6.45) is 2.37. The molecule has 0 spiro atoms. The minimum absolute atomic E-state index is 0.0467. The number of nitrogens with one attached hydrogen (secondary N) is 1. The van der Waals surface area contributed by atoms with E-state index in [2.05, 4.69) is 5.32 Å². The predicted molar refractivity (Wildman–Crippen MR) is 127 cm³/mol. The molecule has 0 aromatic heterocycles. The Hall–Kier alpha value is -2.77. The number of phenols is 1. The molecule has 2 amide bonds. The molecule has 33 heavy (non-hydrogen) atoms. The summed E-state index contributed by atoms with van der Waals surface area (Å²) in [5, 5.41) is 13.9. The van der Waals surface area contributed by atoms with Gasteiger partial charge >= 0.3 is 5.97 Å². The highest BCUT2D eigenvalue weighted by molar-refractivity contribution is 6.35. The fourth-order valence-corrected chi connectivity index (χ4v) is 4.78. The number of nitrogens with zero attached hydrogens (tertiary/aromatic N) is 1. The number of likely N-dealkylation sites (tertiary alicyclic amines) is 1. The SMILES string of the molecule is CCCC1(C(=O)OCC)CCCN1C(=O)c1ccc(NC(=O)c2cc(Cl)cc(Cl)c2)cc1O. The number of hydrogen-bond donors (Lipinski definition) is 2. The molecule has 1 heterocycles. The van der Waals surface area contributed by atoms with Gasteiger partial charge in [0.1, 0.15) is 11.3 Å². The molecule has 0 bridgehead atoms. The first kappa shape index (κ1) is 24.9. The number of amides is 2. The molecule has 0 radical (unpaired) electrons. The number of esters is 1. The van der Waals surface area contributed by atoms with E-state index in [1.165, 1.54) is 41.3 Å². The fourth-order valence-electron chi connectivity index (χ4n) is 4.25. The Morgan fingerprint density at radius 2 is 1.82 bits per heavy atom. The Morgan fingerprint density at radius 3 is 2.42 bits per heavy atom. The van der Waals surface area contributed by atoms with E-state index in [1.54, 1.807) is 6.92 Å². The van der Waals surface area contributed by atoms with Gasteiger partial charge in [-0.1, -0.05) is 36.5 Å². The number of aromatic hydroxyl groups is 1. The molecule has 1 saturated heterocycles. The van der Waals surface area contributed by atoms with Gasteiger partial charge in [-0.3, -0.25) is 9.59 Å². The van der Waals surface area contributed by atoms with Crippen molar-refractivity contribution in [2.75, 3.05) is 18.5 Å². The van der Waals surface area contributed by atoms with Gasteiger partial charge in [-0.15, -0.1) is 0 Å². The minimum Gasteiger partial charge on any atom is -0.507 e. The van der Waals surface area contributed by atoms with E-state index < -0.39 is 23.3 Å². The van der Waals surface area contributed by atoms with E-state index in [0.29, 0.717) is 42.3 Å². The summed E-state index contributed by atoms with van der Waals surface area (Å²) in [6.45, 7) is 4.30. The molecule has 0 saturated carbocycles. The predicted octanol–water partition coefficient (Wildman–Crippen LogP) is 5.29. The summed E-state index contributed by atoms with van der Waals surface area (Å²) in [5.41, 5.74) is -0.447. The monoisotopic (exact) mass is 492 g/mol. The maximum atomic E-state index is 13.3. The number of ether oxygens (including phenoxy) is 1. The van der Waals surface area contributed by atoms with E-state index in [9.17, 15) is 19.5 Å². The third kappa shape index (κ3) is 5.25. The number of benzene rings is 2. The smallest absolute Gasteiger partial charge is 0.332 e. The minimum atomic E-state index is -1.03. The lowest BCUT2D eigenvalue weighted by Gasteiger charge is -2.36. The third-order valence-corrected chi connectivity index (χ3v) is 6.10. The van der Waals surface area contributed by atoms with Gasteiger partial charge in [-0.05, 0) is 56.5 Å². The van der Waals surface area contributed by atoms with Crippen LogP contribution in [0.3, 0.4) is 0 Å². The lowest BCUT2D eigenvalue weighted by atomic mass is 9.90. The Morgan fingerprint density at radius 1 is 1.12 bits per heavy atom. The number of hydrogen-bond acceptors (Lipinski definition) is 5. The van der Waals surface area contributed by atoms with Crippen molar-refractivity contribution < 1.29 is 24.2 Å². The number of anilines is 1. The molecule has 7 nitrogen and oxygen atoms in total. The van der Waals surface area contributed by atoms with E-state index in [0.717, 1.165) is 0 Å². The molecule has 1 atom stereocenters. The van der Waals surface area contributed by atoms with Crippen molar-refractivity contribution in [1.82, 2.24) is 4.90 Å². The normalized spacial score (nSPS) is 17.6. The third-order valence-electron chi connectivity index (χ3n) is 5.66. The lowest BCUT2D eigenvalue weighted by molar-refractivity contribution is -0.155. The van der Waals surface area contributed by atoms with Gasteiger partial charge in [0.05, 0.1) is 12.2 Å². The van der Waals surface area contributed by atoms with E-state index >= 15 is 0 Å². The van der Waals surface area contributed by atoms with Crippen molar-refractivity contribution in [2.24, 2.45) is 0 Å². The average molecular weight is 493 g/mol. The second kappa shape index (κ2) is 10.4. The zero-order chi connectivity index (χ0) is 24.2. The van der Waals surface area contributed by atoms with Crippen LogP contribution in [0.25, 0.3) is 0 Å². The number of rotatable bonds is 7. The molecule has 1 aliphatic rings. The average Bonchev–Trinajstić information content (AvgIpc) is 3.18. The summed E-state index contributed by atoms with van der Waals surface area (Å²) in [6, 6.07) is 8.68. The van der Waals surface area contributed by atoms with Crippen molar-refractivity contribution in [3.63, 3.8) is 0 Å². The van der Waals surface area contributed by atoms with Crippen molar-refractivity contribution >= 4 is 46.7 Å². The van der Waals surface area contributed by atoms with Gasteiger partial charge in [0, 0.05) is 33.9 Å². The van der Waals surface area contributed by atoms with Gasteiger partial charge in [0.25, 0.3) is 11.8 Å². The molecule has 3 rings (SSSR count). The highest BCUT2D eigenvalue weighted by Gasteiger charge is 2.50. The zero-order valence-corrected chi connectivity index (χ0v) is 20.0. The van der Waals surface area contributed by atoms with Crippen LogP contribution in [0.5, 0.6) is 5.75 Å². The summed E-state index contributed by atoms with van der Waals surface area (Å²) in [4.78, 5) is 40.2. The fraction of sp³-hybridized carbons (Fsp3) is 0.375. The standard InChI is InChI=1S/C24H26Cl2N2O5/c1-3-8-24(23(32)33-4-2)9-5-10-28(24)22(31)19-7-6-18(14-20(19)29)27-21(30)15-11-16(25)13-17(26)12-15/h6-7,11-14,29H,3-5,8-10H2,1-2H3,(H,27,30). The first-order valence-corrected chi connectivity index (χ1v) is 11.6.